The van der Waals surface area contributed by atoms with Crippen LogP contribution in [0.2, 0.25) is 5.02 Å². The lowest BCUT2D eigenvalue weighted by atomic mass is 9.93. The van der Waals surface area contributed by atoms with Crippen LogP contribution in [-0.2, 0) is 6.42 Å². The highest BCUT2D eigenvalue weighted by molar-refractivity contribution is 9.10. The van der Waals surface area contributed by atoms with E-state index in [1.807, 2.05) is 25.1 Å². The zero-order chi connectivity index (χ0) is 14.7. The van der Waals surface area contributed by atoms with Crippen molar-refractivity contribution in [2.24, 2.45) is 0 Å². The lowest BCUT2D eigenvalue weighted by Gasteiger charge is -2.27. The summed E-state index contributed by atoms with van der Waals surface area (Å²) >= 11 is 9.57. The molecule has 0 spiro atoms. The number of halogens is 2. The summed E-state index contributed by atoms with van der Waals surface area (Å²) in [5.74, 6) is 0. The predicted molar refractivity (Wildman–Crippen MR) is 85.9 cm³/mol. The van der Waals surface area contributed by atoms with Crippen molar-refractivity contribution in [3.63, 3.8) is 0 Å². The van der Waals surface area contributed by atoms with Gasteiger partial charge in [0, 0.05) is 21.5 Å². The first-order chi connectivity index (χ1) is 8.59. The summed E-state index contributed by atoms with van der Waals surface area (Å²) < 4.78 is 0.954. The highest BCUT2D eigenvalue weighted by Gasteiger charge is 2.22. The van der Waals surface area contributed by atoms with Crippen LogP contribution in [0.5, 0.6) is 0 Å². The van der Waals surface area contributed by atoms with E-state index in [4.69, 9.17) is 11.6 Å². The van der Waals surface area contributed by atoms with Crippen molar-refractivity contribution in [3.05, 3.63) is 33.3 Å². The van der Waals surface area contributed by atoms with Crippen LogP contribution in [0.15, 0.2) is 22.7 Å². The first kappa shape index (κ1) is 17.0. The summed E-state index contributed by atoms with van der Waals surface area (Å²) in [7, 11) is 0. The van der Waals surface area contributed by atoms with Crippen molar-refractivity contribution in [1.82, 2.24) is 5.32 Å². The largest absolute Gasteiger partial charge is 0.390 e. The molecule has 0 saturated carbocycles. The zero-order valence-electron chi connectivity index (χ0n) is 12.1. The van der Waals surface area contributed by atoms with Gasteiger partial charge in [0.15, 0.2) is 0 Å². The second-order valence-corrected chi connectivity index (χ2v) is 7.66. The first-order valence-electron chi connectivity index (χ1n) is 6.50. The van der Waals surface area contributed by atoms with Crippen LogP contribution in [-0.4, -0.2) is 22.8 Å². The molecule has 0 saturated heterocycles. The summed E-state index contributed by atoms with van der Waals surface area (Å²) in [5.41, 5.74) is 0.298. The smallest absolute Gasteiger partial charge is 0.0672 e. The summed E-state index contributed by atoms with van der Waals surface area (Å²) in [6.45, 7) is 8.99. The van der Waals surface area contributed by atoms with Crippen molar-refractivity contribution in [2.75, 3.05) is 6.54 Å². The highest BCUT2D eigenvalue weighted by atomic mass is 79.9. The fourth-order valence-electron chi connectivity index (χ4n) is 1.87. The zero-order valence-corrected chi connectivity index (χ0v) is 14.4. The minimum Gasteiger partial charge on any atom is -0.390 e. The molecule has 0 amide bonds. The van der Waals surface area contributed by atoms with E-state index in [0.29, 0.717) is 17.9 Å². The summed E-state index contributed by atoms with van der Waals surface area (Å²) in [5, 5.41) is 14.5. The maximum Gasteiger partial charge on any atom is 0.0672 e. The summed E-state index contributed by atoms with van der Waals surface area (Å²) in [4.78, 5) is 0. The molecule has 1 aromatic rings. The van der Waals surface area contributed by atoms with Crippen molar-refractivity contribution in [2.45, 2.75) is 51.7 Å². The van der Waals surface area contributed by atoms with Crippen molar-refractivity contribution in [3.8, 4) is 0 Å². The monoisotopic (exact) mass is 347 g/mol. The van der Waals surface area contributed by atoms with Crippen molar-refractivity contribution < 1.29 is 5.11 Å². The number of hydrogen-bond acceptors (Lipinski definition) is 2. The molecule has 1 rings (SSSR count). The SMILES string of the molecule is CC(O)(CCNC(C)(C)C)Cc1ccc(Br)cc1Cl. The van der Waals surface area contributed by atoms with Gasteiger partial charge >= 0.3 is 0 Å². The van der Waals surface area contributed by atoms with Gasteiger partial charge in [-0.05, 0) is 58.4 Å². The minimum atomic E-state index is -0.754. The minimum absolute atomic E-state index is 0.0747. The van der Waals surface area contributed by atoms with E-state index in [-0.39, 0.29) is 5.54 Å². The maximum atomic E-state index is 10.4. The molecule has 1 aromatic carbocycles. The maximum absolute atomic E-state index is 10.4. The van der Waals surface area contributed by atoms with E-state index >= 15 is 0 Å². The van der Waals surface area contributed by atoms with E-state index in [9.17, 15) is 5.11 Å². The van der Waals surface area contributed by atoms with Gasteiger partial charge in [-0.25, -0.2) is 0 Å². The van der Waals surface area contributed by atoms with Crippen LogP contribution >= 0.6 is 27.5 Å². The lowest BCUT2D eigenvalue weighted by molar-refractivity contribution is 0.0500. The number of benzene rings is 1. The van der Waals surface area contributed by atoms with Gasteiger partial charge in [-0.2, -0.15) is 0 Å². The molecular formula is C15H23BrClNO. The quantitative estimate of drug-likeness (QED) is 0.837. The number of aliphatic hydroxyl groups is 1. The lowest BCUT2D eigenvalue weighted by Crippen LogP contribution is -2.40. The third-order valence-electron chi connectivity index (χ3n) is 2.91. The normalized spacial score (nSPS) is 15.3. The molecule has 1 unspecified atom stereocenters. The fraction of sp³-hybridized carbons (Fsp3) is 0.600. The molecule has 0 bridgehead atoms. The van der Waals surface area contributed by atoms with Gasteiger partial charge in [0.25, 0.3) is 0 Å². The van der Waals surface area contributed by atoms with Gasteiger partial charge in [0.1, 0.15) is 0 Å². The molecule has 0 aromatic heterocycles. The topological polar surface area (TPSA) is 32.3 Å². The molecule has 19 heavy (non-hydrogen) atoms. The Kier molecular flexibility index (Phi) is 5.87. The van der Waals surface area contributed by atoms with Crippen LogP contribution in [0.1, 0.15) is 39.7 Å². The standard InChI is InChI=1S/C15H23BrClNO/c1-14(2,3)18-8-7-15(4,19)10-11-5-6-12(16)9-13(11)17/h5-6,9,18-19H,7-8,10H2,1-4H3. The molecule has 0 fully saturated rings. The van der Waals surface area contributed by atoms with E-state index in [1.165, 1.54) is 0 Å². The Bertz CT molecular complexity index is 427. The average molecular weight is 349 g/mol. The van der Waals surface area contributed by atoms with Crippen LogP contribution < -0.4 is 5.32 Å². The van der Waals surface area contributed by atoms with E-state index < -0.39 is 5.60 Å². The summed E-state index contributed by atoms with van der Waals surface area (Å²) in [6.07, 6.45) is 1.25. The Hall–Kier alpha value is -0.0900. The second-order valence-electron chi connectivity index (χ2n) is 6.34. The molecule has 0 aliphatic heterocycles. The van der Waals surface area contributed by atoms with Gasteiger partial charge < -0.3 is 10.4 Å². The molecule has 0 aliphatic rings. The van der Waals surface area contributed by atoms with Crippen molar-refractivity contribution in [1.29, 1.82) is 0 Å². The Morgan fingerprint density at radius 1 is 1.26 bits per heavy atom. The van der Waals surface area contributed by atoms with Gasteiger partial charge in [0.2, 0.25) is 0 Å². The van der Waals surface area contributed by atoms with Crippen LogP contribution in [0, 0.1) is 0 Å². The summed E-state index contributed by atoms with van der Waals surface area (Å²) in [6, 6.07) is 5.77. The highest BCUT2D eigenvalue weighted by Crippen LogP contribution is 2.26. The molecule has 1 atom stereocenters. The Morgan fingerprint density at radius 3 is 2.42 bits per heavy atom. The van der Waals surface area contributed by atoms with Crippen molar-refractivity contribution >= 4 is 27.5 Å². The third-order valence-corrected chi connectivity index (χ3v) is 3.75. The van der Waals surface area contributed by atoms with Crippen LogP contribution in [0.4, 0.5) is 0 Å². The molecule has 4 heteroatoms. The van der Waals surface area contributed by atoms with Gasteiger partial charge in [-0.15, -0.1) is 0 Å². The molecule has 108 valence electrons. The fourth-order valence-corrected chi connectivity index (χ4v) is 2.61. The van der Waals surface area contributed by atoms with Gasteiger partial charge in [-0.3, -0.25) is 0 Å². The predicted octanol–water partition coefficient (Wildman–Crippen LogP) is 4.17. The molecule has 0 aliphatic carbocycles. The molecule has 0 heterocycles. The number of hydrogen-bond donors (Lipinski definition) is 2. The van der Waals surface area contributed by atoms with E-state index in [1.54, 1.807) is 0 Å². The van der Waals surface area contributed by atoms with Crippen LogP contribution in [0.3, 0.4) is 0 Å². The molecule has 2 nitrogen and oxygen atoms in total. The molecular weight excluding hydrogens is 326 g/mol. The van der Waals surface area contributed by atoms with Crippen LogP contribution in [0.25, 0.3) is 0 Å². The Labute approximate surface area is 129 Å². The first-order valence-corrected chi connectivity index (χ1v) is 7.67. The third kappa shape index (κ3) is 6.75. The van der Waals surface area contributed by atoms with E-state index in [2.05, 4.69) is 42.0 Å². The number of nitrogens with one attached hydrogen (secondary N) is 1. The Morgan fingerprint density at radius 2 is 1.89 bits per heavy atom. The van der Waals surface area contributed by atoms with Gasteiger partial charge in [0.05, 0.1) is 5.60 Å². The molecule has 0 radical (unpaired) electrons. The number of rotatable bonds is 5. The average Bonchev–Trinajstić information content (AvgIpc) is 2.20. The second kappa shape index (κ2) is 6.57. The van der Waals surface area contributed by atoms with Gasteiger partial charge in [-0.1, -0.05) is 33.6 Å². The molecule has 2 N–H and O–H groups in total. The van der Waals surface area contributed by atoms with E-state index in [0.717, 1.165) is 16.6 Å². The Balaban J connectivity index is 2.58.